The van der Waals surface area contributed by atoms with E-state index in [1.54, 1.807) is 0 Å². The molecule has 2 aromatic carbocycles. The summed E-state index contributed by atoms with van der Waals surface area (Å²) in [4.78, 5) is 28.5. The lowest BCUT2D eigenvalue weighted by atomic mass is 9.93. The topological polar surface area (TPSA) is 43.9 Å². The number of likely N-dealkylation sites (tertiary alicyclic amines) is 1. The second-order valence-corrected chi connectivity index (χ2v) is 8.37. The minimum absolute atomic E-state index is 0.0161. The zero-order chi connectivity index (χ0) is 26.3. The molecule has 2 aromatic rings. The smallest absolute Gasteiger partial charge is 0.340 e. The molecule has 0 spiro atoms. The lowest BCUT2D eigenvalue weighted by molar-refractivity contribution is -0.143. The number of rotatable bonds is 3. The third-order valence-electron chi connectivity index (χ3n) is 6.08. The molecule has 3 amide bonds. The summed E-state index contributed by atoms with van der Waals surface area (Å²) >= 11 is 0. The van der Waals surface area contributed by atoms with E-state index in [1.807, 2.05) is 0 Å². The van der Waals surface area contributed by atoms with Gasteiger partial charge in [-0.05, 0) is 35.9 Å². The molecule has 0 N–H and O–H groups in total. The third-order valence-corrected chi connectivity index (χ3v) is 6.08. The molecular weight excluding hydrogens is 483 g/mol. The molecule has 1 aliphatic rings. The number of carbonyl (C=O) groups excluding carboxylic acids is 2. The first kappa shape index (κ1) is 26.3. The maximum atomic E-state index is 13.4. The monoisotopic (exact) mass is 505 g/mol. The molecule has 1 fully saturated rings. The van der Waals surface area contributed by atoms with Gasteiger partial charge in [0.25, 0.3) is 0 Å². The Balaban J connectivity index is 1.95. The van der Waals surface area contributed by atoms with Gasteiger partial charge in [0.05, 0.1) is 17.2 Å². The van der Waals surface area contributed by atoms with Crippen molar-refractivity contribution in [2.75, 3.05) is 32.1 Å². The van der Waals surface area contributed by atoms with Crippen LogP contribution in [0.15, 0.2) is 42.5 Å². The number of carbonyl (C=O) groups is 2. The first-order valence-corrected chi connectivity index (χ1v) is 10.4. The number of hydrogen-bond donors (Lipinski definition) is 0. The molecule has 1 heterocycles. The highest BCUT2D eigenvalue weighted by molar-refractivity contribution is 5.92. The Morgan fingerprint density at radius 3 is 1.86 bits per heavy atom. The van der Waals surface area contributed by atoms with Crippen LogP contribution in [0.25, 0.3) is 0 Å². The molecule has 0 aliphatic carbocycles. The van der Waals surface area contributed by atoms with Crippen molar-refractivity contribution in [2.45, 2.75) is 31.2 Å². The van der Waals surface area contributed by atoms with E-state index in [0.29, 0.717) is 22.6 Å². The maximum Gasteiger partial charge on any atom is 0.416 e. The Morgan fingerprint density at radius 1 is 0.886 bits per heavy atom. The number of likely N-dealkylation sites (N-methyl/N-ethyl adjacent to an activating group) is 1. The number of halogens is 7. The van der Waals surface area contributed by atoms with Crippen LogP contribution in [0.2, 0.25) is 0 Å². The number of anilines is 1. The maximum absolute atomic E-state index is 13.4. The summed E-state index contributed by atoms with van der Waals surface area (Å²) in [5.74, 6) is -1.21. The zero-order valence-corrected chi connectivity index (χ0v) is 18.9. The average molecular weight is 505 g/mol. The van der Waals surface area contributed by atoms with Gasteiger partial charge in [-0.15, -0.1) is 0 Å². The van der Waals surface area contributed by atoms with E-state index in [4.69, 9.17) is 0 Å². The Bertz CT molecular complexity index is 1070. The van der Waals surface area contributed by atoms with Crippen molar-refractivity contribution in [2.24, 2.45) is 0 Å². The lowest BCUT2D eigenvalue weighted by Gasteiger charge is -2.33. The molecule has 190 valence electrons. The number of alkyl halides is 6. The number of hydrogen-bond acceptors (Lipinski definition) is 2. The van der Waals surface area contributed by atoms with Gasteiger partial charge in [-0.25, -0.2) is 9.18 Å². The molecule has 0 radical (unpaired) electrons. The number of urea groups is 1. The minimum Gasteiger partial charge on any atom is -0.340 e. The van der Waals surface area contributed by atoms with Gasteiger partial charge in [0.1, 0.15) is 5.82 Å². The SMILES string of the molecule is CC(=O)N1CC(c2ccc(F)cc2)C(N(C)C(=O)N(C)c2cc(C(F)(F)F)cc(C(F)(F)F)c2)C1. The molecule has 3 rings (SSSR count). The van der Waals surface area contributed by atoms with Crippen molar-refractivity contribution in [3.8, 4) is 0 Å². The standard InChI is InChI=1S/C23H22F7N3O2/c1-13(34)33-11-19(14-4-6-17(24)7-5-14)20(12-33)32(3)21(35)31(2)18-9-15(22(25,26)27)8-16(10-18)23(28,29)30/h4-10,19-20H,11-12H2,1-3H3. The van der Waals surface area contributed by atoms with Crippen LogP contribution in [-0.2, 0) is 17.1 Å². The molecular formula is C23H22F7N3O2. The lowest BCUT2D eigenvalue weighted by Crippen LogP contribution is -2.47. The van der Waals surface area contributed by atoms with Crippen LogP contribution < -0.4 is 4.90 Å². The van der Waals surface area contributed by atoms with Gasteiger partial charge in [0.15, 0.2) is 0 Å². The summed E-state index contributed by atoms with van der Waals surface area (Å²) in [6.07, 6.45) is -10.1. The van der Waals surface area contributed by atoms with E-state index < -0.39 is 53.0 Å². The van der Waals surface area contributed by atoms with Gasteiger partial charge in [0.2, 0.25) is 5.91 Å². The highest BCUT2D eigenvalue weighted by Gasteiger charge is 2.41. The van der Waals surface area contributed by atoms with E-state index in [1.165, 1.54) is 48.0 Å². The molecule has 35 heavy (non-hydrogen) atoms. The molecule has 0 bridgehead atoms. The van der Waals surface area contributed by atoms with Gasteiger partial charge in [-0.2, -0.15) is 26.3 Å². The van der Waals surface area contributed by atoms with E-state index in [-0.39, 0.29) is 25.1 Å². The molecule has 0 saturated carbocycles. The quantitative estimate of drug-likeness (QED) is 0.527. The van der Waals surface area contributed by atoms with Crippen molar-refractivity contribution in [1.29, 1.82) is 0 Å². The fraction of sp³-hybridized carbons (Fsp3) is 0.391. The van der Waals surface area contributed by atoms with Crippen LogP contribution in [0, 0.1) is 5.82 Å². The molecule has 5 nitrogen and oxygen atoms in total. The summed E-state index contributed by atoms with van der Waals surface area (Å²) in [5, 5.41) is 0. The number of amides is 3. The van der Waals surface area contributed by atoms with Crippen molar-refractivity contribution in [1.82, 2.24) is 9.80 Å². The summed E-state index contributed by atoms with van der Waals surface area (Å²) in [6, 6.07) is 4.83. The minimum atomic E-state index is -5.06. The molecule has 1 aliphatic heterocycles. The first-order valence-electron chi connectivity index (χ1n) is 10.4. The van der Waals surface area contributed by atoms with Crippen LogP contribution >= 0.6 is 0 Å². The normalized spacial score (nSPS) is 18.5. The highest BCUT2D eigenvalue weighted by Crippen LogP contribution is 2.39. The predicted octanol–water partition coefficient (Wildman–Crippen LogP) is 5.37. The fourth-order valence-corrected chi connectivity index (χ4v) is 4.09. The van der Waals surface area contributed by atoms with Crippen LogP contribution in [0.5, 0.6) is 0 Å². The van der Waals surface area contributed by atoms with Crippen molar-refractivity contribution in [3.63, 3.8) is 0 Å². The van der Waals surface area contributed by atoms with Gasteiger partial charge in [-0.1, -0.05) is 12.1 Å². The second-order valence-electron chi connectivity index (χ2n) is 8.37. The molecule has 1 saturated heterocycles. The van der Waals surface area contributed by atoms with E-state index >= 15 is 0 Å². The van der Waals surface area contributed by atoms with Crippen molar-refractivity contribution < 1.29 is 40.3 Å². The van der Waals surface area contributed by atoms with E-state index in [2.05, 4.69) is 0 Å². The van der Waals surface area contributed by atoms with Crippen LogP contribution in [-0.4, -0.2) is 55.0 Å². The first-order chi connectivity index (χ1) is 16.1. The Kier molecular flexibility index (Phi) is 7.05. The van der Waals surface area contributed by atoms with Crippen LogP contribution in [0.3, 0.4) is 0 Å². The van der Waals surface area contributed by atoms with E-state index in [0.717, 1.165) is 7.05 Å². The molecule has 2 unspecified atom stereocenters. The van der Waals surface area contributed by atoms with Crippen molar-refractivity contribution in [3.05, 3.63) is 65.0 Å². The van der Waals surface area contributed by atoms with Crippen LogP contribution in [0.4, 0.5) is 41.2 Å². The predicted molar refractivity (Wildman–Crippen MR) is 113 cm³/mol. The Morgan fingerprint density at radius 2 is 1.40 bits per heavy atom. The summed E-state index contributed by atoms with van der Waals surface area (Å²) < 4.78 is 92.9. The van der Waals surface area contributed by atoms with Crippen LogP contribution in [0.1, 0.15) is 29.5 Å². The Hall–Kier alpha value is -3.31. The fourth-order valence-electron chi connectivity index (χ4n) is 4.09. The highest BCUT2D eigenvalue weighted by atomic mass is 19.4. The van der Waals surface area contributed by atoms with Crippen molar-refractivity contribution >= 4 is 17.6 Å². The largest absolute Gasteiger partial charge is 0.416 e. The third kappa shape index (κ3) is 5.68. The molecule has 2 atom stereocenters. The van der Waals surface area contributed by atoms with Gasteiger partial charge >= 0.3 is 18.4 Å². The summed E-state index contributed by atoms with van der Waals surface area (Å²) in [6.45, 7) is 1.62. The van der Waals surface area contributed by atoms with Gasteiger partial charge in [0, 0.05) is 45.7 Å². The Labute approximate surface area is 196 Å². The zero-order valence-electron chi connectivity index (χ0n) is 18.9. The molecule has 0 aromatic heterocycles. The van der Waals surface area contributed by atoms with Gasteiger partial charge < -0.3 is 9.80 Å². The second kappa shape index (κ2) is 9.38. The average Bonchev–Trinajstić information content (AvgIpc) is 3.22. The summed E-state index contributed by atoms with van der Waals surface area (Å²) in [7, 11) is 2.42. The van der Waals surface area contributed by atoms with Gasteiger partial charge in [-0.3, -0.25) is 9.69 Å². The summed E-state index contributed by atoms with van der Waals surface area (Å²) in [5.41, 5.74) is -3.06. The number of benzene rings is 2. The van der Waals surface area contributed by atoms with E-state index in [9.17, 15) is 40.3 Å². The molecule has 12 heteroatoms. The number of nitrogens with zero attached hydrogens (tertiary/aromatic N) is 3.